The zero-order chi connectivity index (χ0) is 14.7. The summed E-state index contributed by atoms with van der Waals surface area (Å²) in [7, 11) is 1.75. The first-order valence-corrected chi connectivity index (χ1v) is 5.79. The third kappa shape index (κ3) is 2.91. The van der Waals surface area contributed by atoms with Gasteiger partial charge >= 0.3 is 6.03 Å². The number of para-hydroxylation sites is 2. The van der Waals surface area contributed by atoms with Crippen molar-refractivity contribution in [2.75, 3.05) is 10.6 Å². The quantitative estimate of drug-likeness (QED) is 0.662. The van der Waals surface area contributed by atoms with Crippen LogP contribution in [0.4, 0.5) is 22.0 Å². The van der Waals surface area contributed by atoms with Gasteiger partial charge in [-0.15, -0.1) is 0 Å². The van der Waals surface area contributed by atoms with E-state index >= 15 is 0 Å². The van der Waals surface area contributed by atoms with Crippen LogP contribution in [0.2, 0.25) is 0 Å². The number of hydrogen-bond donors (Lipinski definition) is 2. The molecule has 1 aromatic heterocycles. The van der Waals surface area contributed by atoms with Crippen LogP contribution >= 0.6 is 0 Å². The average molecular weight is 275 g/mol. The third-order valence-electron chi connectivity index (χ3n) is 2.70. The van der Waals surface area contributed by atoms with Crippen molar-refractivity contribution in [2.24, 2.45) is 7.05 Å². The normalized spacial score (nSPS) is 10.1. The van der Waals surface area contributed by atoms with Gasteiger partial charge in [-0.1, -0.05) is 12.1 Å². The van der Waals surface area contributed by atoms with E-state index in [4.69, 9.17) is 0 Å². The number of nitrogens with zero attached hydrogens (tertiary/aromatic N) is 3. The number of nitrogens with one attached hydrogen (secondary N) is 2. The maximum Gasteiger partial charge on any atom is 0.325 e. The number of anilines is 2. The highest BCUT2D eigenvalue weighted by Crippen LogP contribution is 2.23. The molecule has 0 aliphatic heterocycles. The molecule has 0 saturated heterocycles. The van der Waals surface area contributed by atoms with Crippen molar-refractivity contribution in [3.63, 3.8) is 0 Å². The minimum Gasteiger partial charge on any atom is -0.302 e. The van der Waals surface area contributed by atoms with E-state index in [0.29, 0.717) is 5.82 Å². The molecule has 20 heavy (non-hydrogen) atoms. The highest BCUT2D eigenvalue weighted by molar-refractivity contribution is 6.00. The second-order valence-corrected chi connectivity index (χ2v) is 4.15. The van der Waals surface area contributed by atoms with Crippen molar-refractivity contribution in [1.82, 2.24) is 9.78 Å². The van der Waals surface area contributed by atoms with Gasteiger partial charge in [-0.2, -0.15) is 5.10 Å². The summed E-state index contributed by atoms with van der Waals surface area (Å²) in [6, 6.07) is 7.02. The van der Waals surface area contributed by atoms with Crippen molar-refractivity contribution in [3.8, 4) is 0 Å². The molecule has 0 spiro atoms. The Balaban J connectivity index is 2.10. The summed E-state index contributed by atoms with van der Waals surface area (Å²) in [4.78, 5) is 22.1. The van der Waals surface area contributed by atoms with Crippen LogP contribution in [0.25, 0.3) is 0 Å². The molecular formula is C12H13N5O3. The lowest BCUT2D eigenvalue weighted by Crippen LogP contribution is -2.20. The number of hydrogen-bond acceptors (Lipinski definition) is 4. The monoisotopic (exact) mass is 275 g/mol. The van der Waals surface area contributed by atoms with E-state index in [1.165, 1.54) is 18.2 Å². The van der Waals surface area contributed by atoms with Crippen molar-refractivity contribution < 1.29 is 9.72 Å². The first kappa shape index (κ1) is 13.5. The Hall–Kier alpha value is -2.90. The number of rotatable bonds is 3. The second kappa shape index (κ2) is 5.39. The average Bonchev–Trinajstić information content (AvgIpc) is 2.68. The zero-order valence-corrected chi connectivity index (χ0v) is 11.0. The fourth-order valence-corrected chi connectivity index (χ4v) is 1.63. The number of aromatic nitrogens is 2. The Bertz CT molecular complexity index is 645. The summed E-state index contributed by atoms with van der Waals surface area (Å²) in [5.74, 6) is 0.376. The van der Waals surface area contributed by atoms with E-state index in [9.17, 15) is 14.9 Å². The summed E-state index contributed by atoms with van der Waals surface area (Å²) in [5.41, 5.74) is 0.841. The summed E-state index contributed by atoms with van der Waals surface area (Å²) >= 11 is 0. The van der Waals surface area contributed by atoms with Crippen LogP contribution < -0.4 is 10.6 Å². The van der Waals surface area contributed by atoms with Gasteiger partial charge in [0.2, 0.25) is 0 Å². The zero-order valence-electron chi connectivity index (χ0n) is 11.0. The molecular weight excluding hydrogens is 262 g/mol. The van der Waals surface area contributed by atoms with Gasteiger partial charge in [0, 0.05) is 24.9 Å². The van der Waals surface area contributed by atoms with Gasteiger partial charge in [-0.05, 0) is 13.0 Å². The maximum absolute atomic E-state index is 11.8. The SMILES string of the molecule is Cc1cc(NC(=O)Nc2ccccc2[N+](=O)[O-])nn1C. The Kier molecular flexibility index (Phi) is 3.65. The third-order valence-corrected chi connectivity index (χ3v) is 2.70. The number of carbonyl (C=O) groups excluding carboxylic acids is 1. The van der Waals surface area contributed by atoms with Crippen molar-refractivity contribution in [2.45, 2.75) is 6.92 Å². The van der Waals surface area contributed by atoms with Crippen LogP contribution in [-0.2, 0) is 7.05 Å². The molecule has 2 N–H and O–H groups in total. The molecule has 8 nitrogen and oxygen atoms in total. The van der Waals surface area contributed by atoms with Gasteiger partial charge in [-0.25, -0.2) is 4.79 Å². The number of nitro groups is 1. The van der Waals surface area contributed by atoms with Crippen LogP contribution in [0, 0.1) is 17.0 Å². The second-order valence-electron chi connectivity index (χ2n) is 4.15. The highest BCUT2D eigenvalue weighted by Gasteiger charge is 2.15. The molecule has 8 heteroatoms. The molecule has 0 aliphatic rings. The van der Waals surface area contributed by atoms with Gasteiger partial charge in [0.05, 0.1) is 4.92 Å². The van der Waals surface area contributed by atoms with E-state index in [1.54, 1.807) is 23.9 Å². The molecule has 0 aliphatic carbocycles. The summed E-state index contributed by atoms with van der Waals surface area (Å²) in [5, 5.41) is 19.8. The molecule has 2 aromatic rings. The predicted molar refractivity (Wildman–Crippen MR) is 73.7 cm³/mol. The van der Waals surface area contributed by atoms with Gasteiger partial charge in [0.25, 0.3) is 5.69 Å². The lowest BCUT2D eigenvalue weighted by molar-refractivity contribution is -0.383. The molecule has 0 atom stereocenters. The number of nitro benzene ring substituents is 1. The summed E-state index contributed by atoms with van der Waals surface area (Å²) in [6.07, 6.45) is 0. The highest BCUT2D eigenvalue weighted by atomic mass is 16.6. The standard InChI is InChI=1S/C12H13N5O3/c1-8-7-11(15-16(8)2)14-12(18)13-9-5-3-4-6-10(9)17(19)20/h3-7H,1-2H3,(H2,13,14,15,18). The van der Waals surface area contributed by atoms with Crippen LogP contribution in [0.5, 0.6) is 0 Å². The summed E-state index contributed by atoms with van der Waals surface area (Å²) in [6.45, 7) is 1.85. The van der Waals surface area contributed by atoms with Gasteiger partial charge in [-0.3, -0.25) is 20.1 Å². The summed E-state index contributed by atoms with van der Waals surface area (Å²) < 4.78 is 1.61. The van der Waals surface area contributed by atoms with Gasteiger partial charge < -0.3 is 5.32 Å². The topological polar surface area (TPSA) is 102 Å². The molecule has 104 valence electrons. The number of amides is 2. The van der Waals surface area contributed by atoms with E-state index < -0.39 is 11.0 Å². The number of benzene rings is 1. The van der Waals surface area contributed by atoms with Crippen molar-refractivity contribution >= 4 is 23.2 Å². The predicted octanol–water partition coefficient (Wildman–Crippen LogP) is 2.28. The van der Waals surface area contributed by atoms with Gasteiger partial charge in [0.15, 0.2) is 5.82 Å². The molecule has 0 fully saturated rings. The first-order chi connectivity index (χ1) is 9.47. The lowest BCUT2D eigenvalue weighted by Gasteiger charge is -2.05. The molecule has 2 rings (SSSR count). The fraction of sp³-hybridized carbons (Fsp3) is 0.167. The van der Waals surface area contributed by atoms with Crippen molar-refractivity contribution in [3.05, 3.63) is 46.1 Å². The molecule has 1 aromatic carbocycles. The lowest BCUT2D eigenvalue weighted by atomic mass is 10.3. The fourth-order valence-electron chi connectivity index (χ4n) is 1.63. The maximum atomic E-state index is 11.8. The number of carbonyl (C=O) groups is 1. The number of urea groups is 1. The molecule has 0 saturated carbocycles. The van der Waals surface area contributed by atoms with Crippen LogP contribution in [-0.4, -0.2) is 20.7 Å². The van der Waals surface area contributed by atoms with Crippen LogP contribution in [0.1, 0.15) is 5.69 Å². The minimum absolute atomic E-state index is 0.127. The smallest absolute Gasteiger partial charge is 0.302 e. The van der Waals surface area contributed by atoms with Crippen molar-refractivity contribution in [1.29, 1.82) is 0 Å². The minimum atomic E-state index is -0.586. The Morgan fingerprint density at radius 2 is 2.05 bits per heavy atom. The van der Waals surface area contributed by atoms with Gasteiger partial charge in [0.1, 0.15) is 5.69 Å². The van der Waals surface area contributed by atoms with E-state index in [1.807, 2.05) is 6.92 Å². The van der Waals surface area contributed by atoms with E-state index in [0.717, 1.165) is 5.69 Å². The Morgan fingerprint density at radius 3 is 2.65 bits per heavy atom. The molecule has 0 bridgehead atoms. The first-order valence-electron chi connectivity index (χ1n) is 5.79. The largest absolute Gasteiger partial charge is 0.325 e. The van der Waals surface area contributed by atoms with Crippen LogP contribution in [0.3, 0.4) is 0 Å². The van der Waals surface area contributed by atoms with E-state index in [2.05, 4.69) is 15.7 Å². The molecule has 1 heterocycles. The molecule has 0 radical (unpaired) electrons. The molecule has 0 unspecified atom stereocenters. The van der Waals surface area contributed by atoms with Crippen LogP contribution in [0.15, 0.2) is 30.3 Å². The Morgan fingerprint density at radius 1 is 1.35 bits per heavy atom. The molecule has 2 amide bonds. The van der Waals surface area contributed by atoms with E-state index in [-0.39, 0.29) is 11.4 Å². The Labute approximate surface area is 114 Å². The number of aryl methyl sites for hydroxylation is 2.